The van der Waals surface area contributed by atoms with Gasteiger partial charge < -0.3 is 14.7 Å². The van der Waals surface area contributed by atoms with Crippen LogP contribution in [0.25, 0.3) is 0 Å². The molecule has 0 saturated carbocycles. The number of aromatic nitrogens is 1. The number of carbonyl (C=O) groups excluding carboxylic acids is 2. The lowest BCUT2D eigenvalue weighted by atomic mass is 9.98. The van der Waals surface area contributed by atoms with E-state index in [1.165, 1.54) is 19.4 Å². The van der Waals surface area contributed by atoms with Gasteiger partial charge in [-0.05, 0) is 31.4 Å². The summed E-state index contributed by atoms with van der Waals surface area (Å²) in [6.45, 7) is 0.566. The van der Waals surface area contributed by atoms with E-state index in [1.807, 2.05) is 0 Å². The van der Waals surface area contributed by atoms with Gasteiger partial charge >= 0.3 is 5.97 Å². The Morgan fingerprint density at radius 2 is 2.30 bits per heavy atom. The van der Waals surface area contributed by atoms with E-state index in [0.717, 1.165) is 19.3 Å². The number of amides is 1. The average molecular weight is 278 g/mol. The van der Waals surface area contributed by atoms with E-state index in [-0.39, 0.29) is 35.8 Å². The molecule has 2 rings (SSSR count). The smallest absolute Gasteiger partial charge is 0.307 e. The van der Waals surface area contributed by atoms with Crippen LogP contribution < -0.4 is 0 Å². The third-order valence-electron chi connectivity index (χ3n) is 3.51. The molecule has 2 heterocycles. The topological polar surface area (TPSA) is 79.7 Å². The number of nitrogens with zero attached hydrogens (tertiary/aromatic N) is 2. The second-order valence-corrected chi connectivity index (χ2v) is 4.80. The van der Waals surface area contributed by atoms with Gasteiger partial charge in [0.1, 0.15) is 5.75 Å². The fraction of sp³-hybridized carbons (Fsp3) is 0.500. The zero-order valence-electron chi connectivity index (χ0n) is 11.4. The number of pyridine rings is 1. The van der Waals surface area contributed by atoms with Crippen LogP contribution in [0.3, 0.4) is 0 Å². The minimum atomic E-state index is -0.336. The molecule has 6 heteroatoms. The molecule has 108 valence electrons. The molecule has 0 spiro atoms. The van der Waals surface area contributed by atoms with Gasteiger partial charge in [-0.25, -0.2) is 4.98 Å². The number of carbonyl (C=O) groups is 2. The number of esters is 1. The van der Waals surface area contributed by atoms with E-state index in [1.54, 1.807) is 11.0 Å². The highest BCUT2D eigenvalue weighted by Crippen LogP contribution is 2.24. The summed E-state index contributed by atoms with van der Waals surface area (Å²) >= 11 is 0. The molecule has 0 bridgehead atoms. The van der Waals surface area contributed by atoms with E-state index >= 15 is 0 Å². The maximum absolute atomic E-state index is 12.5. The summed E-state index contributed by atoms with van der Waals surface area (Å²) in [7, 11) is 1.34. The van der Waals surface area contributed by atoms with Crippen LogP contribution >= 0.6 is 0 Å². The second-order valence-electron chi connectivity index (χ2n) is 4.80. The van der Waals surface area contributed by atoms with Crippen molar-refractivity contribution in [2.75, 3.05) is 13.7 Å². The predicted molar refractivity (Wildman–Crippen MR) is 71.2 cm³/mol. The minimum Gasteiger partial charge on any atom is -0.505 e. The van der Waals surface area contributed by atoms with Gasteiger partial charge in [0.05, 0.1) is 13.5 Å². The van der Waals surface area contributed by atoms with Gasteiger partial charge in [-0.3, -0.25) is 9.59 Å². The first-order valence-corrected chi connectivity index (χ1v) is 6.65. The molecule has 20 heavy (non-hydrogen) atoms. The van der Waals surface area contributed by atoms with Crippen LogP contribution in [0.2, 0.25) is 0 Å². The molecule has 6 nitrogen and oxygen atoms in total. The number of methoxy groups -OCH3 is 1. The quantitative estimate of drug-likeness (QED) is 0.844. The lowest BCUT2D eigenvalue weighted by molar-refractivity contribution is -0.142. The van der Waals surface area contributed by atoms with Gasteiger partial charge in [0.15, 0.2) is 5.69 Å². The zero-order valence-corrected chi connectivity index (χ0v) is 11.4. The van der Waals surface area contributed by atoms with E-state index in [9.17, 15) is 14.7 Å². The van der Waals surface area contributed by atoms with Crippen LogP contribution in [0.5, 0.6) is 5.75 Å². The molecule has 0 aliphatic carbocycles. The van der Waals surface area contributed by atoms with Crippen LogP contribution in [0.4, 0.5) is 0 Å². The normalized spacial score (nSPS) is 18.6. The van der Waals surface area contributed by atoms with Crippen molar-refractivity contribution in [3.63, 3.8) is 0 Å². The molecule has 0 radical (unpaired) electrons. The third-order valence-corrected chi connectivity index (χ3v) is 3.51. The largest absolute Gasteiger partial charge is 0.505 e. The molecule has 1 fully saturated rings. The lowest BCUT2D eigenvalue weighted by Gasteiger charge is -2.35. The van der Waals surface area contributed by atoms with Gasteiger partial charge in [0.25, 0.3) is 5.91 Å². The minimum absolute atomic E-state index is 0.0317. The van der Waals surface area contributed by atoms with Crippen molar-refractivity contribution in [1.29, 1.82) is 0 Å². The maximum Gasteiger partial charge on any atom is 0.307 e. The molecule has 1 aliphatic rings. The fourth-order valence-electron chi connectivity index (χ4n) is 2.45. The van der Waals surface area contributed by atoms with Gasteiger partial charge in [-0.15, -0.1) is 0 Å². The number of hydrogen-bond acceptors (Lipinski definition) is 5. The van der Waals surface area contributed by atoms with Crippen molar-refractivity contribution >= 4 is 11.9 Å². The first-order valence-electron chi connectivity index (χ1n) is 6.65. The maximum atomic E-state index is 12.5. The van der Waals surface area contributed by atoms with Crippen LogP contribution in [-0.2, 0) is 9.53 Å². The molecular formula is C14H18N2O4. The Bertz CT molecular complexity index is 504. The van der Waals surface area contributed by atoms with Gasteiger partial charge in [-0.2, -0.15) is 0 Å². The fourth-order valence-corrected chi connectivity index (χ4v) is 2.45. The standard InChI is InChI=1S/C14H18N2O4/c1-20-12(18)9-10-5-2-3-8-16(10)14(19)13-11(17)6-4-7-15-13/h4,6-7,10,17H,2-3,5,8-9H2,1H3. The van der Waals surface area contributed by atoms with Gasteiger partial charge in [0, 0.05) is 18.8 Å². The van der Waals surface area contributed by atoms with Crippen molar-refractivity contribution in [2.24, 2.45) is 0 Å². The molecular weight excluding hydrogens is 260 g/mol. The molecule has 1 aliphatic heterocycles. The van der Waals surface area contributed by atoms with E-state index in [2.05, 4.69) is 9.72 Å². The number of ether oxygens (including phenoxy) is 1. The molecule has 1 unspecified atom stereocenters. The Hall–Kier alpha value is -2.11. The van der Waals surface area contributed by atoms with E-state index in [4.69, 9.17) is 0 Å². The number of likely N-dealkylation sites (tertiary alicyclic amines) is 1. The number of hydrogen-bond donors (Lipinski definition) is 1. The number of aromatic hydroxyl groups is 1. The Morgan fingerprint density at radius 1 is 1.50 bits per heavy atom. The molecule has 1 aromatic heterocycles. The second kappa shape index (κ2) is 6.36. The van der Waals surface area contributed by atoms with Crippen molar-refractivity contribution in [2.45, 2.75) is 31.7 Å². The summed E-state index contributed by atoms with van der Waals surface area (Å²) in [5, 5.41) is 9.72. The number of rotatable bonds is 3. The SMILES string of the molecule is COC(=O)CC1CCCCN1C(=O)c1ncccc1O. The van der Waals surface area contributed by atoms with Crippen LogP contribution in [0.15, 0.2) is 18.3 Å². The highest BCUT2D eigenvalue weighted by molar-refractivity contribution is 5.95. The van der Waals surface area contributed by atoms with Crippen molar-refractivity contribution < 1.29 is 19.4 Å². The molecule has 1 amide bonds. The van der Waals surface area contributed by atoms with Crippen molar-refractivity contribution in [3.05, 3.63) is 24.0 Å². The summed E-state index contributed by atoms with van der Waals surface area (Å²) in [4.78, 5) is 29.4. The summed E-state index contributed by atoms with van der Waals surface area (Å²) in [6, 6.07) is 2.80. The molecule has 1 atom stereocenters. The molecule has 1 N–H and O–H groups in total. The molecule has 1 aromatic rings. The first kappa shape index (κ1) is 14.3. The van der Waals surface area contributed by atoms with E-state index in [0.29, 0.717) is 6.54 Å². The molecule has 1 saturated heterocycles. The van der Waals surface area contributed by atoms with Gasteiger partial charge in [0.2, 0.25) is 0 Å². The van der Waals surface area contributed by atoms with Crippen LogP contribution in [-0.4, -0.2) is 46.6 Å². The van der Waals surface area contributed by atoms with E-state index < -0.39 is 0 Å². The van der Waals surface area contributed by atoms with Crippen LogP contribution in [0, 0.1) is 0 Å². The average Bonchev–Trinajstić information content (AvgIpc) is 2.47. The summed E-state index contributed by atoms with van der Waals surface area (Å²) in [6.07, 6.45) is 4.26. The Labute approximate surface area is 117 Å². The summed E-state index contributed by atoms with van der Waals surface area (Å²) in [5.41, 5.74) is 0.0317. The first-order chi connectivity index (χ1) is 9.63. The Kier molecular flexibility index (Phi) is 4.55. The lowest BCUT2D eigenvalue weighted by Crippen LogP contribution is -2.45. The van der Waals surface area contributed by atoms with Gasteiger partial charge in [-0.1, -0.05) is 0 Å². The monoisotopic (exact) mass is 278 g/mol. The summed E-state index contributed by atoms with van der Waals surface area (Å²) in [5.74, 6) is -0.809. The highest BCUT2D eigenvalue weighted by atomic mass is 16.5. The summed E-state index contributed by atoms with van der Waals surface area (Å²) < 4.78 is 4.67. The Morgan fingerprint density at radius 3 is 3.00 bits per heavy atom. The Balaban J connectivity index is 2.17. The highest BCUT2D eigenvalue weighted by Gasteiger charge is 2.31. The van der Waals surface area contributed by atoms with Crippen molar-refractivity contribution in [3.8, 4) is 5.75 Å². The van der Waals surface area contributed by atoms with Crippen LogP contribution in [0.1, 0.15) is 36.2 Å². The number of piperidine rings is 1. The third kappa shape index (κ3) is 3.07. The predicted octanol–water partition coefficient (Wildman–Crippen LogP) is 1.34. The zero-order chi connectivity index (χ0) is 14.5. The molecule has 0 aromatic carbocycles. The van der Waals surface area contributed by atoms with Crippen molar-refractivity contribution in [1.82, 2.24) is 9.88 Å².